The minimum atomic E-state index is -0.148. The van der Waals surface area contributed by atoms with Gasteiger partial charge in [0.2, 0.25) is 0 Å². The largest absolute Gasteiger partial charge is 0.462 e. The predicted octanol–water partition coefficient (Wildman–Crippen LogP) is 0.725. The van der Waals surface area contributed by atoms with Gasteiger partial charge < -0.3 is 9.47 Å². The Morgan fingerprint density at radius 1 is 1.42 bits per heavy atom. The molecule has 2 saturated carbocycles. The van der Waals surface area contributed by atoms with E-state index in [1.165, 1.54) is 13.3 Å². The highest BCUT2D eigenvalue weighted by Gasteiger charge is 2.64. The summed E-state index contributed by atoms with van der Waals surface area (Å²) in [5.74, 6) is 1.05. The van der Waals surface area contributed by atoms with Crippen LogP contribution in [0.5, 0.6) is 0 Å². The summed E-state index contributed by atoms with van der Waals surface area (Å²) in [4.78, 5) is 10.7. The van der Waals surface area contributed by atoms with Crippen molar-refractivity contribution in [2.24, 2.45) is 11.8 Å². The first-order chi connectivity index (χ1) is 5.75. The van der Waals surface area contributed by atoms with Crippen LogP contribution in [-0.4, -0.2) is 24.3 Å². The van der Waals surface area contributed by atoms with E-state index in [1.807, 2.05) is 0 Å². The molecular weight excluding hydrogens is 156 g/mol. The van der Waals surface area contributed by atoms with Crippen LogP contribution in [0.2, 0.25) is 0 Å². The van der Waals surface area contributed by atoms with Gasteiger partial charge in [-0.1, -0.05) is 0 Å². The predicted molar refractivity (Wildman–Crippen MR) is 40.4 cm³/mol. The lowest BCUT2D eigenvalue weighted by molar-refractivity contribution is -0.148. The summed E-state index contributed by atoms with van der Waals surface area (Å²) in [7, 11) is 0. The van der Waals surface area contributed by atoms with E-state index < -0.39 is 0 Å². The summed E-state index contributed by atoms with van der Waals surface area (Å²) < 4.78 is 10.7. The van der Waals surface area contributed by atoms with E-state index >= 15 is 0 Å². The Bertz CT molecular complexity index is 238. The zero-order chi connectivity index (χ0) is 8.29. The number of ether oxygens (including phenoxy) is 2. The smallest absolute Gasteiger partial charge is 0.302 e. The van der Waals surface area contributed by atoms with E-state index in [0.717, 1.165) is 6.42 Å². The standard InChI is InChI=1S/C9H12O3/c1-4(10)11-7-3-5-2-6(7)9-8(5)12-9/h5-9H,2-3H2,1H3/t5-,6+,7?,8?,9?/m1/s1. The van der Waals surface area contributed by atoms with Crippen molar-refractivity contribution in [3.05, 3.63) is 0 Å². The summed E-state index contributed by atoms with van der Waals surface area (Å²) >= 11 is 0. The third kappa shape index (κ3) is 0.774. The highest BCUT2D eigenvalue weighted by Crippen LogP contribution is 2.57. The van der Waals surface area contributed by atoms with Gasteiger partial charge >= 0.3 is 5.97 Å². The van der Waals surface area contributed by atoms with Crippen molar-refractivity contribution in [3.63, 3.8) is 0 Å². The number of esters is 1. The van der Waals surface area contributed by atoms with Crippen LogP contribution in [0.3, 0.4) is 0 Å². The fourth-order valence-electron chi connectivity index (χ4n) is 2.89. The minimum Gasteiger partial charge on any atom is -0.462 e. The Morgan fingerprint density at radius 2 is 2.25 bits per heavy atom. The fraction of sp³-hybridized carbons (Fsp3) is 0.889. The van der Waals surface area contributed by atoms with E-state index in [0.29, 0.717) is 24.0 Å². The molecule has 3 heteroatoms. The van der Waals surface area contributed by atoms with Crippen molar-refractivity contribution in [2.75, 3.05) is 0 Å². The molecule has 3 unspecified atom stereocenters. The van der Waals surface area contributed by atoms with Gasteiger partial charge in [0.1, 0.15) is 6.10 Å². The van der Waals surface area contributed by atoms with Crippen molar-refractivity contribution in [1.82, 2.24) is 0 Å². The van der Waals surface area contributed by atoms with Gasteiger partial charge in [-0.05, 0) is 18.8 Å². The third-order valence-corrected chi connectivity index (χ3v) is 3.35. The molecular formula is C9H12O3. The molecule has 1 aliphatic heterocycles. The van der Waals surface area contributed by atoms with Crippen LogP contribution in [-0.2, 0) is 14.3 Å². The van der Waals surface area contributed by atoms with Crippen LogP contribution in [0, 0.1) is 11.8 Å². The van der Waals surface area contributed by atoms with Crippen LogP contribution in [0.25, 0.3) is 0 Å². The molecule has 1 saturated heterocycles. The highest BCUT2D eigenvalue weighted by molar-refractivity contribution is 5.66. The number of carbonyl (C=O) groups is 1. The molecule has 3 nitrogen and oxygen atoms in total. The number of epoxide rings is 1. The zero-order valence-corrected chi connectivity index (χ0v) is 7.03. The summed E-state index contributed by atoms with van der Waals surface area (Å²) in [5.41, 5.74) is 0. The summed E-state index contributed by atoms with van der Waals surface area (Å²) in [6, 6.07) is 0. The van der Waals surface area contributed by atoms with Gasteiger partial charge in [0.15, 0.2) is 0 Å². The van der Waals surface area contributed by atoms with Crippen molar-refractivity contribution in [1.29, 1.82) is 0 Å². The second-order valence-electron chi connectivity index (χ2n) is 4.11. The molecule has 3 fully saturated rings. The highest BCUT2D eigenvalue weighted by atomic mass is 16.6. The normalized spacial score (nSPS) is 53.6. The molecule has 2 bridgehead atoms. The van der Waals surface area contributed by atoms with Crippen molar-refractivity contribution < 1.29 is 14.3 Å². The first-order valence-electron chi connectivity index (χ1n) is 4.58. The van der Waals surface area contributed by atoms with E-state index in [1.54, 1.807) is 0 Å². The average Bonchev–Trinajstić information content (AvgIpc) is 2.61. The Balaban J connectivity index is 1.72. The monoisotopic (exact) mass is 168 g/mol. The summed E-state index contributed by atoms with van der Waals surface area (Å²) in [6.45, 7) is 1.48. The molecule has 3 rings (SSSR count). The first-order valence-corrected chi connectivity index (χ1v) is 4.58. The molecule has 0 aromatic rings. The SMILES string of the molecule is CC(=O)OC1C[C@H]2C[C@@H]1C1OC12. The molecule has 0 radical (unpaired) electrons. The van der Waals surface area contributed by atoms with E-state index in [-0.39, 0.29) is 12.1 Å². The van der Waals surface area contributed by atoms with Gasteiger partial charge in [0.05, 0.1) is 12.2 Å². The average molecular weight is 168 g/mol. The molecule has 1 heterocycles. The van der Waals surface area contributed by atoms with Gasteiger partial charge in [-0.2, -0.15) is 0 Å². The Morgan fingerprint density at radius 3 is 2.83 bits per heavy atom. The molecule has 0 N–H and O–H groups in total. The zero-order valence-electron chi connectivity index (χ0n) is 7.03. The maximum atomic E-state index is 10.7. The molecule has 66 valence electrons. The maximum Gasteiger partial charge on any atom is 0.302 e. The van der Waals surface area contributed by atoms with Crippen LogP contribution >= 0.6 is 0 Å². The molecule has 0 aromatic carbocycles. The van der Waals surface area contributed by atoms with Gasteiger partial charge in [-0.3, -0.25) is 4.79 Å². The van der Waals surface area contributed by atoms with Crippen molar-refractivity contribution in [3.8, 4) is 0 Å². The van der Waals surface area contributed by atoms with E-state index in [4.69, 9.17) is 9.47 Å². The lowest BCUT2D eigenvalue weighted by Crippen LogP contribution is -2.27. The molecule has 3 aliphatic rings. The van der Waals surface area contributed by atoms with Crippen LogP contribution in [0.4, 0.5) is 0 Å². The molecule has 0 aromatic heterocycles. The topological polar surface area (TPSA) is 38.8 Å². The number of hydrogen-bond acceptors (Lipinski definition) is 3. The Labute approximate surface area is 71.0 Å². The first kappa shape index (κ1) is 6.89. The van der Waals surface area contributed by atoms with Crippen LogP contribution in [0.1, 0.15) is 19.8 Å². The lowest BCUT2D eigenvalue weighted by Gasteiger charge is -2.18. The van der Waals surface area contributed by atoms with Crippen LogP contribution in [0.15, 0.2) is 0 Å². The number of rotatable bonds is 1. The Kier molecular flexibility index (Phi) is 1.16. The van der Waals surface area contributed by atoms with E-state index in [9.17, 15) is 4.79 Å². The fourth-order valence-corrected chi connectivity index (χ4v) is 2.89. The summed E-state index contributed by atoms with van der Waals surface area (Å²) in [5, 5.41) is 0. The summed E-state index contributed by atoms with van der Waals surface area (Å²) in [6.07, 6.45) is 3.38. The maximum absolute atomic E-state index is 10.7. The minimum absolute atomic E-state index is 0.148. The molecule has 5 atom stereocenters. The molecule has 0 spiro atoms. The molecule has 12 heavy (non-hydrogen) atoms. The van der Waals surface area contributed by atoms with Crippen LogP contribution < -0.4 is 0 Å². The molecule has 0 amide bonds. The van der Waals surface area contributed by atoms with E-state index in [2.05, 4.69) is 0 Å². The molecule has 2 aliphatic carbocycles. The lowest BCUT2D eigenvalue weighted by atomic mass is 9.98. The number of hydrogen-bond donors (Lipinski definition) is 0. The van der Waals surface area contributed by atoms with Gasteiger partial charge in [0.25, 0.3) is 0 Å². The van der Waals surface area contributed by atoms with Gasteiger partial charge in [0, 0.05) is 12.8 Å². The second kappa shape index (κ2) is 2.02. The quantitative estimate of drug-likeness (QED) is 0.428. The van der Waals surface area contributed by atoms with Crippen molar-refractivity contribution >= 4 is 5.97 Å². The van der Waals surface area contributed by atoms with Gasteiger partial charge in [-0.15, -0.1) is 0 Å². The second-order valence-corrected chi connectivity index (χ2v) is 4.11. The third-order valence-electron chi connectivity index (χ3n) is 3.35. The number of carbonyl (C=O) groups excluding carboxylic acids is 1. The van der Waals surface area contributed by atoms with Gasteiger partial charge in [-0.25, -0.2) is 0 Å². The number of fused-ring (bicyclic) bond motifs is 5. The van der Waals surface area contributed by atoms with Crippen molar-refractivity contribution in [2.45, 2.75) is 38.1 Å². The Hall–Kier alpha value is -0.570.